The summed E-state index contributed by atoms with van der Waals surface area (Å²) in [6.45, 7) is 1.22. The van der Waals surface area contributed by atoms with Crippen molar-refractivity contribution in [2.24, 2.45) is 0 Å². The van der Waals surface area contributed by atoms with Gasteiger partial charge in [0.15, 0.2) is 6.29 Å². The van der Waals surface area contributed by atoms with E-state index in [1.807, 2.05) is 0 Å². The van der Waals surface area contributed by atoms with Crippen molar-refractivity contribution >= 4 is 15.6 Å². The van der Waals surface area contributed by atoms with Gasteiger partial charge in [0.25, 0.3) is 5.56 Å². The van der Waals surface area contributed by atoms with Gasteiger partial charge in [-0.05, 0) is 19.4 Å². The quantitative estimate of drug-likeness (QED) is 0.0764. The third kappa shape index (κ3) is 8.28. The summed E-state index contributed by atoms with van der Waals surface area (Å²) < 4.78 is 50.5. The summed E-state index contributed by atoms with van der Waals surface area (Å²) >= 11 is 0. The van der Waals surface area contributed by atoms with E-state index in [-0.39, 0.29) is 17.6 Å². The zero-order valence-corrected chi connectivity index (χ0v) is 26.0. The van der Waals surface area contributed by atoms with E-state index in [4.69, 9.17) is 14.0 Å². The molecule has 0 bridgehead atoms. The summed E-state index contributed by atoms with van der Waals surface area (Å²) in [4.78, 5) is 45.9. The topological polar surface area (TPSA) is 329 Å². The van der Waals surface area contributed by atoms with Crippen molar-refractivity contribution in [1.82, 2.24) is 14.9 Å². The third-order valence-electron chi connectivity index (χ3n) is 7.74. The van der Waals surface area contributed by atoms with Gasteiger partial charge in [0.05, 0.1) is 37.5 Å². The van der Waals surface area contributed by atoms with Crippen LogP contribution in [-0.2, 0) is 32.0 Å². The minimum atomic E-state index is -5.59. The summed E-state index contributed by atoms with van der Waals surface area (Å²) in [6, 6.07) is -2.38. The van der Waals surface area contributed by atoms with Crippen LogP contribution in [0, 0.1) is 6.92 Å². The van der Waals surface area contributed by atoms with E-state index < -0.39 is 114 Å². The summed E-state index contributed by atoms with van der Waals surface area (Å²) in [5.41, 5.74) is -1.33. The number of aliphatic hydroxyl groups is 7. The Kier molecular flexibility index (Phi) is 11.6. The molecule has 1 aromatic heterocycles. The lowest BCUT2D eigenvalue weighted by Gasteiger charge is -2.44. The highest BCUT2D eigenvalue weighted by Gasteiger charge is 2.49. The highest BCUT2D eigenvalue weighted by molar-refractivity contribution is 7.61. The number of H-pyrrole nitrogens is 1. The Bertz CT molecular complexity index is 1490. The number of hydrogen-bond acceptors (Lipinski definition) is 17. The van der Waals surface area contributed by atoms with Gasteiger partial charge in [-0.2, -0.15) is 4.31 Å². The number of aryl methyl sites for hydroxylation is 1. The van der Waals surface area contributed by atoms with E-state index in [2.05, 4.69) is 19.1 Å². The van der Waals surface area contributed by atoms with Crippen LogP contribution in [0.1, 0.15) is 25.1 Å². The number of rotatable bonds is 11. The predicted octanol–water partition coefficient (Wildman–Crippen LogP) is -4.45. The average molecular weight is 706 g/mol. The Morgan fingerprint density at radius 2 is 1.70 bits per heavy atom. The molecule has 23 heteroatoms. The van der Waals surface area contributed by atoms with Gasteiger partial charge in [0.2, 0.25) is 0 Å². The molecule has 262 valence electrons. The number of phosphoric ester groups is 2. The molecule has 0 aromatic carbocycles. The summed E-state index contributed by atoms with van der Waals surface area (Å²) in [5.74, 6) is 0. The predicted molar refractivity (Wildman–Crippen MR) is 149 cm³/mol. The molecular formula is C23H37N3O18P2. The first-order chi connectivity index (χ1) is 21.3. The van der Waals surface area contributed by atoms with E-state index >= 15 is 0 Å². The summed E-state index contributed by atoms with van der Waals surface area (Å²) in [7, 11) is -11.0. The lowest BCUT2D eigenvalue weighted by Crippen LogP contribution is -2.66. The largest absolute Gasteiger partial charge is 0.483 e. The molecule has 21 nitrogen and oxygen atoms in total. The lowest BCUT2D eigenvalue weighted by atomic mass is 9.86. The number of aromatic nitrogens is 2. The molecule has 14 unspecified atom stereocenters. The van der Waals surface area contributed by atoms with Gasteiger partial charge in [-0.15, -0.1) is 0 Å². The van der Waals surface area contributed by atoms with Gasteiger partial charge >= 0.3 is 21.3 Å². The zero-order valence-electron chi connectivity index (χ0n) is 24.2. The van der Waals surface area contributed by atoms with E-state index in [1.165, 1.54) is 26.1 Å². The van der Waals surface area contributed by atoms with Gasteiger partial charge in [-0.25, -0.2) is 13.9 Å². The maximum atomic E-state index is 12.6. The molecule has 0 saturated carbocycles. The molecule has 3 heterocycles. The molecule has 1 aromatic rings. The van der Waals surface area contributed by atoms with Crippen molar-refractivity contribution in [3.63, 3.8) is 0 Å². The first kappa shape index (κ1) is 37.1. The standard InChI is InChI=1S/C23H37N3O18P2/c1-8-5-26(23(35)25-21(8)34)14-4-12(28)13(42-14)7-40-45(36,37)44-46(38,39)43-22-20(33)18(31)15(9(2)41-22)24-11-3-10(6-27)16(29)19(32)17(11)30/h3,5,9,11-20,22,24,27-33H,4,6-7H2,1-2H3,(H,36,37)(H,38,39)(H,25,34,35). The fraction of sp³-hybridized carbons (Fsp3) is 0.739. The van der Waals surface area contributed by atoms with Crippen molar-refractivity contribution in [2.45, 2.75) is 93.7 Å². The second-order valence-corrected chi connectivity index (χ2v) is 14.1. The molecular weight excluding hydrogens is 668 g/mol. The molecule has 0 amide bonds. The maximum Gasteiger partial charge on any atom is 0.483 e. The highest BCUT2D eigenvalue weighted by atomic mass is 31.3. The summed E-state index contributed by atoms with van der Waals surface area (Å²) in [6.07, 6.45) is -13.6. The number of nitrogens with zero attached hydrogens (tertiary/aromatic N) is 1. The normalized spacial score (nSPS) is 39.4. The van der Waals surface area contributed by atoms with Crippen LogP contribution in [0.15, 0.2) is 27.4 Å². The van der Waals surface area contributed by atoms with Crippen molar-refractivity contribution in [1.29, 1.82) is 0 Å². The van der Waals surface area contributed by atoms with Crippen LogP contribution in [0.2, 0.25) is 0 Å². The van der Waals surface area contributed by atoms with Crippen LogP contribution in [0.25, 0.3) is 0 Å². The second-order valence-electron chi connectivity index (χ2n) is 11.1. The smallest absolute Gasteiger partial charge is 0.392 e. The van der Waals surface area contributed by atoms with E-state index in [0.29, 0.717) is 0 Å². The van der Waals surface area contributed by atoms with Crippen LogP contribution in [0.3, 0.4) is 0 Å². The Hall–Kier alpha value is -1.72. The Labute approximate surface area is 259 Å². The van der Waals surface area contributed by atoms with Crippen LogP contribution in [0.5, 0.6) is 0 Å². The number of phosphoric acid groups is 2. The Balaban J connectivity index is 1.33. The number of nitrogens with one attached hydrogen (secondary N) is 2. The van der Waals surface area contributed by atoms with Crippen molar-refractivity contribution < 1.29 is 77.5 Å². The monoisotopic (exact) mass is 705 g/mol. The maximum absolute atomic E-state index is 12.6. The molecule has 0 radical (unpaired) electrons. The van der Waals surface area contributed by atoms with Gasteiger partial charge in [-0.1, -0.05) is 6.08 Å². The zero-order chi connectivity index (χ0) is 34.3. The molecule has 11 N–H and O–H groups in total. The molecule has 4 rings (SSSR count). The van der Waals surface area contributed by atoms with Crippen molar-refractivity contribution in [3.8, 4) is 0 Å². The number of ether oxygens (including phenoxy) is 2. The third-order valence-corrected chi connectivity index (χ3v) is 10.3. The van der Waals surface area contributed by atoms with Gasteiger partial charge in [0, 0.05) is 18.2 Å². The average Bonchev–Trinajstić information content (AvgIpc) is 3.33. The van der Waals surface area contributed by atoms with Crippen LogP contribution in [-0.4, -0.2) is 136 Å². The van der Waals surface area contributed by atoms with E-state index in [1.54, 1.807) is 0 Å². The SMILES string of the molecule is Cc1cn(C2CC(O)C(COP(=O)(O)OP(=O)(O)OC3OC(C)C(NC4C=C(CO)C(O)C(O)C4O)C(O)C3O)O2)c(=O)[nH]c1=O. The molecule has 14 atom stereocenters. The molecule has 3 aliphatic rings. The number of aliphatic hydroxyl groups excluding tert-OH is 7. The Morgan fingerprint density at radius 1 is 1.02 bits per heavy atom. The molecule has 46 heavy (non-hydrogen) atoms. The van der Waals surface area contributed by atoms with Crippen LogP contribution in [0.4, 0.5) is 0 Å². The highest BCUT2D eigenvalue weighted by Crippen LogP contribution is 2.61. The molecule has 2 saturated heterocycles. The molecule has 2 aliphatic heterocycles. The summed E-state index contributed by atoms with van der Waals surface area (Å²) in [5, 5.41) is 74.0. The number of hydrogen-bond donors (Lipinski definition) is 11. The second kappa shape index (κ2) is 14.4. The minimum Gasteiger partial charge on any atom is -0.392 e. The fourth-order valence-electron chi connectivity index (χ4n) is 5.22. The van der Waals surface area contributed by atoms with E-state index in [9.17, 15) is 64.3 Å². The van der Waals surface area contributed by atoms with Crippen molar-refractivity contribution in [2.75, 3.05) is 13.2 Å². The molecule has 0 spiro atoms. The first-order valence-corrected chi connectivity index (χ1v) is 16.8. The van der Waals surface area contributed by atoms with Gasteiger partial charge in [-0.3, -0.25) is 23.4 Å². The Morgan fingerprint density at radius 3 is 2.35 bits per heavy atom. The van der Waals surface area contributed by atoms with Gasteiger partial charge < -0.3 is 60.3 Å². The van der Waals surface area contributed by atoms with Crippen LogP contribution >= 0.6 is 15.6 Å². The molecule has 1 aliphatic carbocycles. The molecule has 2 fully saturated rings. The van der Waals surface area contributed by atoms with Crippen LogP contribution < -0.4 is 16.6 Å². The van der Waals surface area contributed by atoms with Gasteiger partial charge in [0.1, 0.15) is 42.9 Å². The van der Waals surface area contributed by atoms with E-state index in [0.717, 1.165) is 4.57 Å². The minimum absolute atomic E-state index is 0.0295. The number of aromatic amines is 1. The first-order valence-electron chi connectivity index (χ1n) is 13.8. The lowest BCUT2D eigenvalue weighted by molar-refractivity contribution is -0.248. The van der Waals surface area contributed by atoms with Crippen molar-refractivity contribution in [3.05, 3.63) is 44.2 Å². The fourth-order valence-corrected chi connectivity index (χ4v) is 7.38.